The maximum Gasteiger partial charge on any atom is 0.0699 e. The Balaban J connectivity index is 1.92. The zero-order valence-corrected chi connectivity index (χ0v) is 9.30. The molecule has 3 nitrogen and oxygen atoms in total. The lowest BCUT2D eigenvalue weighted by molar-refractivity contribution is 0.0169. The van der Waals surface area contributed by atoms with E-state index in [1.54, 1.807) is 0 Å². The molecule has 1 fully saturated rings. The Morgan fingerprint density at radius 1 is 1.50 bits per heavy atom. The SMILES string of the molecule is CC(CN)CCNCC1CCCCO1. The van der Waals surface area contributed by atoms with E-state index in [-0.39, 0.29) is 0 Å². The van der Waals surface area contributed by atoms with E-state index < -0.39 is 0 Å². The highest BCUT2D eigenvalue weighted by Gasteiger charge is 2.12. The summed E-state index contributed by atoms with van der Waals surface area (Å²) in [7, 11) is 0. The summed E-state index contributed by atoms with van der Waals surface area (Å²) in [6, 6.07) is 0. The van der Waals surface area contributed by atoms with Crippen LogP contribution in [0.5, 0.6) is 0 Å². The van der Waals surface area contributed by atoms with Gasteiger partial charge < -0.3 is 15.8 Å². The van der Waals surface area contributed by atoms with Crippen LogP contribution in [0, 0.1) is 5.92 Å². The Bertz CT molecular complexity index is 135. The minimum atomic E-state index is 0.455. The van der Waals surface area contributed by atoms with E-state index in [2.05, 4.69) is 12.2 Å². The van der Waals surface area contributed by atoms with Crippen molar-refractivity contribution in [3.8, 4) is 0 Å². The van der Waals surface area contributed by atoms with E-state index in [0.717, 1.165) is 26.2 Å². The lowest BCUT2D eigenvalue weighted by atomic mass is 10.1. The molecule has 1 aliphatic rings. The summed E-state index contributed by atoms with van der Waals surface area (Å²) in [6.07, 6.45) is 5.41. The van der Waals surface area contributed by atoms with Crippen LogP contribution in [0.1, 0.15) is 32.6 Å². The molecule has 0 aromatic carbocycles. The standard InChI is InChI=1S/C11H24N2O/c1-10(8-12)5-6-13-9-11-4-2-3-7-14-11/h10-11,13H,2-9,12H2,1H3. The molecule has 14 heavy (non-hydrogen) atoms. The van der Waals surface area contributed by atoms with Gasteiger partial charge >= 0.3 is 0 Å². The van der Waals surface area contributed by atoms with E-state index in [0.29, 0.717) is 12.0 Å². The van der Waals surface area contributed by atoms with Gasteiger partial charge in [0.1, 0.15) is 0 Å². The van der Waals surface area contributed by atoms with Crippen molar-refractivity contribution in [3.63, 3.8) is 0 Å². The molecular formula is C11H24N2O. The molecule has 0 saturated carbocycles. The van der Waals surface area contributed by atoms with E-state index in [4.69, 9.17) is 10.5 Å². The first-order valence-corrected chi connectivity index (χ1v) is 5.85. The smallest absolute Gasteiger partial charge is 0.0699 e. The first-order valence-electron chi connectivity index (χ1n) is 5.85. The Morgan fingerprint density at radius 2 is 2.36 bits per heavy atom. The molecule has 0 amide bonds. The Morgan fingerprint density at radius 3 is 3.00 bits per heavy atom. The van der Waals surface area contributed by atoms with Crippen molar-refractivity contribution in [2.75, 3.05) is 26.2 Å². The average molecular weight is 200 g/mol. The second-order valence-electron chi connectivity index (χ2n) is 4.32. The number of rotatable bonds is 6. The Hall–Kier alpha value is -0.120. The minimum Gasteiger partial charge on any atom is -0.377 e. The molecular weight excluding hydrogens is 176 g/mol. The van der Waals surface area contributed by atoms with Crippen molar-refractivity contribution in [1.29, 1.82) is 0 Å². The molecule has 2 atom stereocenters. The summed E-state index contributed by atoms with van der Waals surface area (Å²) in [5, 5.41) is 3.44. The molecule has 0 aliphatic carbocycles. The minimum absolute atomic E-state index is 0.455. The molecule has 1 rings (SSSR count). The summed E-state index contributed by atoms with van der Waals surface area (Å²) in [5.74, 6) is 0.634. The molecule has 1 aliphatic heterocycles. The summed E-state index contributed by atoms with van der Waals surface area (Å²) in [4.78, 5) is 0. The zero-order valence-electron chi connectivity index (χ0n) is 9.30. The monoisotopic (exact) mass is 200 g/mol. The fourth-order valence-corrected chi connectivity index (χ4v) is 1.70. The molecule has 0 bridgehead atoms. The van der Waals surface area contributed by atoms with Gasteiger partial charge in [0.15, 0.2) is 0 Å². The fraction of sp³-hybridized carbons (Fsp3) is 1.00. The van der Waals surface area contributed by atoms with Gasteiger partial charge in [-0.05, 0) is 44.7 Å². The maximum atomic E-state index is 5.62. The normalized spacial score (nSPS) is 24.9. The summed E-state index contributed by atoms with van der Waals surface area (Å²) < 4.78 is 5.62. The Labute approximate surface area is 87.4 Å². The average Bonchev–Trinajstić information content (AvgIpc) is 2.25. The molecule has 1 heterocycles. The summed E-state index contributed by atoms with van der Waals surface area (Å²) >= 11 is 0. The van der Waals surface area contributed by atoms with E-state index in [1.165, 1.54) is 25.7 Å². The third-order valence-electron chi connectivity index (χ3n) is 2.86. The topological polar surface area (TPSA) is 47.3 Å². The zero-order chi connectivity index (χ0) is 10.2. The van der Waals surface area contributed by atoms with Crippen LogP contribution in [-0.2, 0) is 4.74 Å². The predicted molar refractivity (Wildman–Crippen MR) is 59.3 cm³/mol. The van der Waals surface area contributed by atoms with Crippen molar-refractivity contribution >= 4 is 0 Å². The van der Waals surface area contributed by atoms with Crippen LogP contribution >= 0.6 is 0 Å². The molecule has 0 radical (unpaired) electrons. The number of hydrogen-bond acceptors (Lipinski definition) is 3. The Kier molecular flexibility index (Phi) is 6.15. The largest absolute Gasteiger partial charge is 0.377 e. The van der Waals surface area contributed by atoms with Gasteiger partial charge in [0.25, 0.3) is 0 Å². The van der Waals surface area contributed by atoms with Crippen LogP contribution in [0.25, 0.3) is 0 Å². The van der Waals surface area contributed by atoms with E-state index in [9.17, 15) is 0 Å². The lowest BCUT2D eigenvalue weighted by Crippen LogP contribution is -2.33. The quantitative estimate of drug-likeness (QED) is 0.632. The molecule has 1 saturated heterocycles. The molecule has 0 spiro atoms. The third kappa shape index (κ3) is 4.94. The molecule has 0 aromatic heterocycles. The highest BCUT2D eigenvalue weighted by atomic mass is 16.5. The van der Waals surface area contributed by atoms with Crippen molar-refractivity contribution in [2.24, 2.45) is 11.7 Å². The number of nitrogens with two attached hydrogens (primary N) is 1. The van der Waals surface area contributed by atoms with Crippen molar-refractivity contribution < 1.29 is 4.74 Å². The lowest BCUT2D eigenvalue weighted by Gasteiger charge is -2.23. The summed E-state index contributed by atoms with van der Waals surface area (Å²) in [5.41, 5.74) is 5.54. The fourth-order valence-electron chi connectivity index (χ4n) is 1.70. The molecule has 0 aromatic rings. The van der Waals surface area contributed by atoms with Crippen molar-refractivity contribution in [3.05, 3.63) is 0 Å². The number of nitrogens with one attached hydrogen (secondary N) is 1. The van der Waals surface area contributed by atoms with Crippen LogP contribution in [-0.4, -0.2) is 32.3 Å². The van der Waals surface area contributed by atoms with Gasteiger partial charge in [0.05, 0.1) is 6.10 Å². The van der Waals surface area contributed by atoms with Gasteiger partial charge in [0.2, 0.25) is 0 Å². The van der Waals surface area contributed by atoms with Crippen molar-refractivity contribution in [2.45, 2.75) is 38.7 Å². The van der Waals surface area contributed by atoms with Crippen LogP contribution in [0.2, 0.25) is 0 Å². The van der Waals surface area contributed by atoms with Gasteiger partial charge in [-0.25, -0.2) is 0 Å². The first kappa shape index (κ1) is 12.0. The molecule has 84 valence electrons. The van der Waals surface area contributed by atoms with Gasteiger partial charge in [-0.15, -0.1) is 0 Å². The van der Waals surface area contributed by atoms with E-state index in [1.807, 2.05) is 0 Å². The number of hydrogen-bond donors (Lipinski definition) is 2. The van der Waals surface area contributed by atoms with Gasteiger partial charge in [-0.3, -0.25) is 0 Å². The first-order chi connectivity index (χ1) is 6.83. The van der Waals surface area contributed by atoms with Gasteiger partial charge in [-0.2, -0.15) is 0 Å². The maximum absolute atomic E-state index is 5.62. The second-order valence-corrected chi connectivity index (χ2v) is 4.32. The molecule has 3 heteroatoms. The molecule has 3 N–H and O–H groups in total. The predicted octanol–water partition coefficient (Wildman–Crippen LogP) is 1.13. The van der Waals surface area contributed by atoms with Crippen LogP contribution < -0.4 is 11.1 Å². The number of ether oxygens (including phenoxy) is 1. The van der Waals surface area contributed by atoms with Gasteiger partial charge in [0, 0.05) is 13.2 Å². The van der Waals surface area contributed by atoms with Gasteiger partial charge in [-0.1, -0.05) is 6.92 Å². The highest BCUT2D eigenvalue weighted by molar-refractivity contribution is 4.66. The van der Waals surface area contributed by atoms with Crippen LogP contribution in [0.4, 0.5) is 0 Å². The summed E-state index contributed by atoms with van der Waals surface area (Å²) in [6.45, 7) is 6.02. The highest BCUT2D eigenvalue weighted by Crippen LogP contribution is 2.11. The van der Waals surface area contributed by atoms with Crippen molar-refractivity contribution in [1.82, 2.24) is 5.32 Å². The molecule has 2 unspecified atom stereocenters. The third-order valence-corrected chi connectivity index (χ3v) is 2.86. The van der Waals surface area contributed by atoms with Crippen LogP contribution in [0.3, 0.4) is 0 Å². The van der Waals surface area contributed by atoms with E-state index >= 15 is 0 Å². The van der Waals surface area contributed by atoms with Crippen LogP contribution in [0.15, 0.2) is 0 Å². The second kappa shape index (κ2) is 7.21.